The lowest BCUT2D eigenvalue weighted by Gasteiger charge is -2.29. The largest absolute Gasteiger partial charge is 0.442 e. The van der Waals surface area contributed by atoms with Gasteiger partial charge >= 0.3 is 18.3 Å². The topological polar surface area (TPSA) is 60.4 Å². The molecule has 0 radical (unpaired) electrons. The summed E-state index contributed by atoms with van der Waals surface area (Å²) in [5.41, 5.74) is -2.36. The number of ketones is 1. The fraction of sp³-hybridized carbons (Fsp3) is 0.381. The van der Waals surface area contributed by atoms with Gasteiger partial charge in [-0.25, -0.2) is 0 Å². The van der Waals surface area contributed by atoms with Crippen LogP contribution in [-0.4, -0.2) is 35.3 Å². The number of halogens is 6. The molecule has 1 atom stereocenters. The summed E-state index contributed by atoms with van der Waals surface area (Å²) in [6.45, 7) is 1.69. The Labute approximate surface area is 183 Å². The summed E-state index contributed by atoms with van der Waals surface area (Å²) in [4.78, 5) is 37.2. The Hall–Kier alpha value is -2.56. The van der Waals surface area contributed by atoms with E-state index < -0.39 is 53.6 Å². The van der Waals surface area contributed by atoms with Gasteiger partial charge in [0.05, 0.1) is 0 Å². The Morgan fingerprint density at radius 1 is 0.938 bits per heavy atom. The highest BCUT2D eigenvalue weighted by Crippen LogP contribution is 2.39. The second kappa shape index (κ2) is 9.51. The monoisotopic (exact) mass is 480 g/mol. The number of alkyl halides is 6. The minimum Gasteiger partial charge on any atom is -0.442 e. The van der Waals surface area contributed by atoms with Crippen molar-refractivity contribution in [2.24, 2.45) is 5.41 Å². The molecule has 0 saturated heterocycles. The van der Waals surface area contributed by atoms with E-state index >= 15 is 0 Å². The van der Waals surface area contributed by atoms with Crippen molar-refractivity contribution < 1.29 is 45.5 Å². The normalized spacial score (nSPS) is 14.3. The molecule has 4 nitrogen and oxygen atoms in total. The maximum atomic E-state index is 12.7. The quantitative estimate of drug-likeness (QED) is 0.215. The van der Waals surface area contributed by atoms with Crippen LogP contribution < -0.4 is 0 Å². The van der Waals surface area contributed by atoms with Crippen molar-refractivity contribution in [3.8, 4) is 0 Å². The van der Waals surface area contributed by atoms with Crippen molar-refractivity contribution in [1.29, 1.82) is 0 Å². The van der Waals surface area contributed by atoms with E-state index in [0.717, 1.165) is 36.4 Å². The van der Waals surface area contributed by atoms with Crippen molar-refractivity contribution in [2.45, 2.75) is 50.0 Å². The Morgan fingerprint density at radius 2 is 1.50 bits per heavy atom. The molecule has 11 heteroatoms. The van der Waals surface area contributed by atoms with E-state index in [0.29, 0.717) is 4.90 Å². The standard InChI is InChI=1S/C21H18F6O4S/c1-12(28)19(2,18(30)31-17(20(22,23)24)21(25,26)27)11-10-16(29)32-15-9-5-7-13-6-3-4-8-14(13)15/h3-9,17H,10-11H2,1-2H3/t19-/m1/s1. The molecular formula is C21H18F6O4S. The van der Waals surface area contributed by atoms with E-state index in [1.807, 2.05) is 12.1 Å². The fourth-order valence-corrected chi connectivity index (χ4v) is 3.68. The van der Waals surface area contributed by atoms with Gasteiger partial charge in [0.25, 0.3) is 6.10 Å². The molecule has 2 aromatic carbocycles. The highest BCUT2D eigenvalue weighted by Gasteiger charge is 2.61. The fourth-order valence-electron chi connectivity index (χ4n) is 2.79. The molecule has 32 heavy (non-hydrogen) atoms. The van der Waals surface area contributed by atoms with Crippen LogP contribution in [0.15, 0.2) is 47.4 Å². The van der Waals surface area contributed by atoms with E-state index in [2.05, 4.69) is 4.74 Å². The molecule has 0 saturated carbocycles. The zero-order valence-electron chi connectivity index (χ0n) is 16.8. The van der Waals surface area contributed by atoms with Crippen LogP contribution in [0.5, 0.6) is 0 Å². The maximum absolute atomic E-state index is 12.7. The number of ether oxygens (including phenoxy) is 1. The summed E-state index contributed by atoms with van der Waals surface area (Å²) in [7, 11) is 0. The molecule has 0 N–H and O–H groups in total. The van der Waals surface area contributed by atoms with Crippen molar-refractivity contribution in [3.63, 3.8) is 0 Å². The van der Waals surface area contributed by atoms with E-state index in [-0.39, 0.29) is 0 Å². The Bertz CT molecular complexity index is 998. The zero-order chi connectivity index (χ0) is 24.3. The Morgan fingerprint density at radius 3 is 2.06 bits per heavy atom. The molecule has 0 unspecified atom stereocenters. The number of rotatable bonds is 7. The molecule has 174 valence electrons. The van der Waals surface area contributed by atoms with Crippen LogP contribution in [0.4, 0.5) is 26.3 Å². The second-order valence-corrected chi connectivity index (χ2v) is 8.31. The number of thioether (sulfide) groups is 1. The van der Waals surface area contributed by atoms with Crippen molar-refractivity contribution in [2.75, 3.05) is 0 Å². The second-order valence-electron chi connectivity index (χ2n) is 7.21. The highest BCUT2D eigenvalue weighted by molar-refractivity contribution is 8.13. The van der Waals surface area contributed by atoms with Gasteiger partial charge in [0.2, 0.25) is 0 Å². The average molecular weight is 480 g/mol. The van der Waals surface area contributed by atoms with Crippen LogP contribution in [0, 0.1) is 5.41 Å². The summed E-state index contributed by atoms with van der Waals surface area (Å²) < 4.78 is 79.9. The van der Waals surface area contributed by atoms with E-state index in [9.17, 15) is 40.7 Å². The highest BCUT2D eigenvalue weighted by atomic mass is 32.2. The molecule has 0 aliphatic heterocycles. The lowest BCUT2D eigenvalue weighted by Crippen LogP contribution is -2.49. The van der Waals surface area contributed by atoms with Gasteiger partial charge in [0.1, 0.15) is 11.2 Å². The summed E-state index contributed by atoms with van der Waals surface area (Å²) in [5, 5.41) is 1.10. The summed E-state index contributed by atoms with van der Waals surface area (Å²) >= 11 is 0.797. The molecule has 0 spiro atoms. The Balaban J connectivity index is 2.15. The molecule has 0 amide bonds. The number of fused-ring (bicyclic) bond motifs is 1. The molecule has 0 fully saturated rings. The molecule has 0 aromatic heterocycles. The Kier molecular flexibility index (Phi) is 7.64. The van der Waals surface area contributed by atoms with Crippen LogP contribution in [-0.2, 0) is 19.1 Å². The number of carbonyl (C=O) groups excluding carboxylic acids is 3. The molecular weight excluding hydrogens is 462 g/mol. The van der Waals surface area contributed by atoms with Gasteiger partial charge in [-0.3, -0.25) is 14.4 Å². The maximum Gasteiger partial charge on any atom is 0.434 e. The average Bonchev–Trinajstić information content (AvgIpc) is 2.68. The van der Waals surface area contributed by atoms with Crippen LogP contribution in [0.1, 0.15) is 26.7 Å². The van der Waals surface area contributed by atoms with Gasteiger partial charge in [-0.15, -0.1) is 0 Å². The smallest absolute Gasteiger partial charge is 0.434 e. The lowest BCUT2D eigenvalue weighted by atomic mass is 9.82. The first-order valence-corrected chi connectivity index (χ1v) is 10.0. The van der Waals surface area contributed by atoms with Crippen molar-refractivity contribution in [1.82, 2.24) is 0 Å². The number of Topliss-reactive ketones (excluding diaryl/α,β-unsaturated/α-hetero) is 1. The van der Waals surface area contributed by atoms with Gasteiger partial charge in [-0.05, 0) is 37.1 Å². The van der Waals surface area contributed by atoms with Crippen molar-refractivity contribution >= 4 is 39.4 Å². The van der Waals surface area contributed by atoms with Gasteiger partial charge < -0.3 is 4.74 Å². The van der Waals surface area contributed by atoms with Crippen LogP contribution in [0.25, 0.3) is 10.8 Å². The third kappa shape index (κ3) is 6.02. The van der Waals surface area contributed by atoms with E-state index in [4.69, 9.17) is 0 Å². The number of esters is 1. The summed E-state index contributed by atoms with van der Waals surface area (Å²) in [6.07, 6.45) is -17.3. The van der Waals surface area contributed by atoms with Gasteiger partial charge in [-0.2, -0.15) is 26.3 Å². The first-order chi connectivity index (χ1) is 14.7. The first-order valence-electron chi connectivity index (χ1n) is 9.20. The summed E-state index contributed by atoms with van der Waals surface area (Å²) in [6, 6.07) is 12.4. The van der Waals surface area contributed by atoms with Crippen LogP contribution in [0.3, 0.4) is 0 Å². The SMILES string of the molecule is CC(=O)[C@@](C)(CCC(=O)Sc1cccc2ccccc12)C(=O)OC(C(F)(F)F)C(F)(F)F. The molecule has 0 aliphatic carbocycles. The third-order valence-electron chi connectivity index (χ3n) is 4.85. The predicted molar refractivity (Wildman–Crippen MR) is 105 cm³/mol. The zero-order valence-corrected chi connectivity index (χ0v) is 17.7. The van der Waals surface area contributed by atoms with Crippen molar-refractivity contribution in [3.05, 3.63) is 42.5 Å². The van der Waals surface area contributed by atoms with Gasteiger partial charge in [0, 0.05) is 11.3 Å². The van der Waals surface area contributed by atoms with E-state index in [1.54, 1.807) is 30.3 Å². The minimum absolute atomic E-state index is 0.457. The molecule has 2 rings (SSSR count). The number of carbonyl (C=O) groups is 3. The predicted octanol–water partition coefficient (Wildman–Crippen LogP) is 5.87. The third-order valence-corrected chi connectivity index (χ3v) is 5.86. The molecule has 0 bridgehead atoms. The molecule has 2 aromatic rings. The van der Waals surface area contributed by atoms with Crippen LogP contribution in [0.2, 0.25) is 0 Å². The van der Waals surface area contributed by atoms with Crippen LogP contribution >= 0.6 is 11.8 Å². The van der Waals surface area contributed by atoms with E-state index in [1.165, 1.54) is 0 Å². The number of benzene rings is 2. The minimum atomic E-state index is -5.91. The molecule has 0 heterocycles. The first kappa shape index (κ1) is 25.7. The van der Waals surface area contributed by atoms with Gasteiger partial charge in [0.15, 0.2) is 5.12 Å². The summed E-state index contributed by atoms with van der Waals surface area (Å²) in [5.74, 6) is -3.01. The molecule has 0 aliphatic rings. The number of hydrogen-bond donors (Lipinski definition) is 0. The lowest BCUT2D eigenvalue weighted by molar-refractivity contribution is -0.315. The number of hydrogen-bond acceptors (Lipinski definition) is 5. The van der Waals surface area contributed by atoms with Gasteiger partial charge in [-0.1, -0.05) is 48.2 Å².